The second kappa shape index (κ2) is 5.17. The summed E-state index contributed by atoms with van der Waals surface area (Å²) >= 11 is 5.85. The molecule has 0 heterocycles. The van der Waals surface area contributed by atoms with Gasteiger partial charge in [0.05, 0.1) is 11.6 Å². The maximum absolute atomic E-state index is 12.9. The second-order valence-electron chi connectivity index (χ2n) is 3.44. The topological polar surface area (TPSA) is 29.5 Å². The molecule has 1 N–H and O–H groups in total. The van der Waals surface area contributed by atoms with Gasteiger partial charge in [-0.3, -0.25) is 0 Å². The van der Waals surface area contributed by atoms with E-state index < -0.39 is 5.82 Å². The normalized spacial score (nSPS) is 10.3. The van der Waals surface area contributed by atoms with Crippen LogP contribution in [-0.2, 0) is 6.61 Å². The summed E-state index contributed by atoms with van der Waals surface area (Å²) < 4.78 is 18.4. The molecule has 17 heavy (non-hydrogen) atoms. The fourth-order valence-electron chi connectivity index (χ4n) is 1.41. The predicted molar refractivity (Wildman–Crippen MR) is 63.8 cm³/mol. The van der Waals surface area contributed by atoms with Crippen LogP contribution in [0.4, 0.5) is 4.39 Å². The molecule has 0 unspecified atom stereocenters. The number of aliphatic hydroxyl groups is 1. The van der Waals surface area contributed by atoms with E-state index in [1.165, 1.54) is 18.2 Å². The Labute approximate surface area is 103 Å². The Morgan fingerprint density at radius 2 is 1.88 bits per heavy atom. The van der Waals surface area contributed by atoms with Gasteiger partial charge in [-0.1, -0.05) is 29.8 Å². The number of para-hydroxylation sites is 1. The summed E-state index contributed by atoms with van der Waals surface area (Å²) in [5.74, 6) is 0.440. The molecular weight excluding hydrogens is 243 g/mol. The van der Waals surface area contributed by atoms with Crippen molar-refractivity contribution < 1.29 is 14.2 Å². The van der Waals surface area contributed by atoms with Crippen LogP contribution in [0.2, 0.25) is 5.02 Å². The molecule has 88 valence electrons. The van der Waals surface area contributed by atoms with Gasteiger partial charge in [0.15, 0.2) is 0 Å². The largest absolute Gasteiger partial charge is 0.455 e. The smallest absolute Gasteiger partial charge is 0.146 e. The molecular formula is C13H10ClFO2. The van der Waals surface area contributed by atoms with Gasteiger partial charge in [0, 0.05) is 5.56 Å². The van der Waals surface area contributed by atoms with Crippen molar-refractivity contribution in [1.82, 2.24) is 0 Å². The van der Waals surface area contributed by atoms with E-state index in [2.05, 4.69) is 0 Å². The zero-order valence-electron chi connectivity index (χ0n) is 8.86. The van der Waals surface area contributed by atoms with E-state index in [0.717, 1.165) is 0 Å². The minimum Gasteiger partial charge on any atom is -0.455 e. The van der Waals surface area contributed by atoms with E-state index in [-0.39, 0.29) is 11.6 Å². The molecule has 4 heteroatoms. The van der Waals surface area contributed by atoms with Crippen molar-refractivity contribution >= 4 is 11.6 Å². The minimum atomic E-state index is -0.419. The van der Waals surface area contributed by atoms with E-state index >= 15 is 0 Å². The van der Waals surface area contributed by atoms with Gasteiger partial charge in [-0.2, -0.15) is 0 Å². The Kier molecular flexibility index (Phi) is 3.61. The van der Waals surface area contributed by atoms with Crippen LogP contribution in [0.25, 0.3) is 0 Å². The quantitative estimate of drug-likeness (QED) is 0.901. The molecule has 0 aromatic heterocycles. The molecule has 0 aliphatic rings. The number of halogens is 2. The SMILES string of the molecule is OCc1ccccc1Oc1ccc(F)cc1Cl. The predicted octanol–water partition coefficient (Wildman–Crippen LogP) is 3.76. The molecule has 0 radical (unpaired) electrons. The first-order valence-corrected chi connectivity index (χ1v) is 5.40. The molecule has 2 aromatic rings. The molecule has 2 aromatic carbocycles. The molecule has 0 spiro atoms. The Hall–Kier alpha value is -1.58. The molecule has 0 bridgehead atoms. The molecule has 0 aliphatic heterocycles. The molecule has 0 atom stereocenters. The van der Waals surface area contributed by atoms with Gasteiger partial charge < -0.3 is 9.84 Å². The lowest BCUT2D eigenvalue weighted by atomic mass is 10.2. The van der Waals surface area contributed by atoms with Crippen molar-refractivity contribution in [1.29, 1.82) is 0 Å². The van der Waals surface area contributed by atoms with Gasteiger partial charge in [0.1, 0.15) is 17.3 Å². The van der Waals surface area contributed by atoms with Crippen molar-refractivity contribution in [2.45, 2.75) is 6.61 Å². The fraction of sp³-hybridized carbons (Fsp3) is 0.0769. The summed E-state index contributed by atoms with van der Waals surface area (Å²) in [4.78, 5) is 0. The summed E-state index contributed by atoms with van der Waals surface area (Å²) in [7, 11) is 0. The van der Waals surface area contributed by atoms with E-state index in [1.807, 2.05) is 0 Å². The van der Waals surface area contributed by atoms with Gasteiger partial charge in [0.2, 0.25) is 0 Å². The Morgan fingerprint density at radius 1 is 1.12 bits per heavy atom. The zero-order valence-corrected chi connectivity index (χ0v) is 9.62. The standard InChI is InChI=1S/C13H10ClFO2/c14-11-7-10(15)5-6-13(11)17-12-4-2-1-3-9(12)8-16/h1-7,16H,8H2. The molecule has 0 amide bonds. The maximum atomic E-state index is 12.9. The van der Waals surface area contributed by atoms with E-state index in [9.17, 15) is 4.39 Å². The van der Waals surface area contributed by atoms with Crippen molar-refractivity contribution in [3.63, 3.8) is 0 Å². The first-order chi connectivity index (χ1) is 8.20. The lowest BCUT2D eigenvalue weighted by Gasteiger charge is -2.10. The minimum absolute atomic E-state index is 0.130. The van der Waals surface area contributed by atoms with Crippen LogP contribution < -0.4 is 4.74 Å². The average molecular weight is 253 g/mol. The van der Waals surface area contributed by atoms with Crippen LogP contribution >= 0.6 is 11.6 Å². The van der Waals surface area contributed by atoms with Crippen LogP contribution in [0.1, 0.15) is 5.56 Å². The Bertz CT molecular complexity index is 529. The van der Waals surface area contributed by atoms with E-state index in [1.54, 1.807) is 24.3 Å². The first-order valence-electron chi connectivity index (χ1n) is 5.02. The molecule has 0 aliphatic carbocycles. The molecule has 0 fully saturated rings. The van der Waals surface area contributed by atoms with Gasteiger partial charge in [-0.15, -0.1) is 0 Å². The van der Waals surface area contributed by atoms with Crippen LogP contribution in [0.3, 0.4) is 0 Å². The number of aliphatic hydroxyl groups excluding tert-OH is 1. The van der Waals surface area contributed by atoms with Crippen LogP contribution in [0.5, 0.6) is 11.5 Å². The van der Waals surface area contributed by atoms with Gasteiger partial charge in [0.25, 0.3) is 0 Å². The van der Waals surface area contributed by atoms with Crippen molar-refractivity contribution in [2.75, 3.05) is 0 Å². The molecule has 2 rings (SSSR count). The van der Waals surface area contributed by atoms with Gasteiger partial charge in [-0.05, 0) is 24.3 Å². The summed E-state index contributed by atoms with van der Waals surface area (Å²) in [5, 5.41) is 9.33. The van der Waals surface area contributed by atoms with Crippen LogP contribution in [0, 0.1) is 5.82 Å². The van der Waals surface area contributed by atoms with Gasteiger partial charge in [-0.25, -0.2) is 4.39 Å². The summed E-state index contributed by atoms with van der Waals surface area (Å²) in [5.41, 5.74) is 0.646. The highest BCUT2D eigenvalue weighted by atomic mass is 35.5. The fourth-order valence-corrected chi connectivity index (χ4v) is 1.62. The Balaban J connectivity index is 2.31. The summed E-state index contributed by atoms with van der Waals surface area (Å²) in [6, 6.07) is 10.9. The Morgan fingerprint density at radius 3 is 2.59 bits per heavy atom. The number of benzene rings is 2. The van der Waals surface area contributed by atoms with Crippen molar-refractivity contribution in [2.24, 2.45) is 0 Å². The van der Waals surface area contributed by atoms with E-state index in [0.29, 0.717) is 17.1 Å². The number of ether oxygens (including phenoxy) is 1. The highest BCUT2D eigenvalue weighted by molar-refractivity contribution is 6.32. The van der Waals surface area contributed by atoms with Crippen molar-refractivity contribution in [3.8, 4) is 11.5 Å². The number of rotatable bonds is 3. The number of hydrogen-bond donors (Lipinski definition) is 1. The highest BCUT2D eigenvalue weighted by Crippen LogP contribution is 2.31. The summed E-state index contributed by atoms with van der Waals surface area (Å²) in [6.07, 6.45) is 0. The lowest BCUT2D eigenvalue weighted by molar-refractivity contribution is 0.276. The third-order valence-corrected chi connectivity index (χ3v) is 2.55. The molecule has 0 saturated carbocycles. The van der Waals surface area contributed by atoms with E-state index in [4.69, 9.17) is 21.4 Å². The van der Waals surface area contributed by atoms with Gasteiger partial charge >= 0.3 is 0 Å². The number of hydrogen-bond acceptors (Lipinski definition) is 2. The maximum Gasteiger partial charge on any atom is 0.146 e. The van der Waals surface area contributed by atoms with Crippen LogP contribution in [0.15, 0.2) is 42.5 Å². The highest BCUT2D eigenvalue weighted by Gasteiger charge is 2.07. The molecule has 2 nitrogen and oxygen atoms in total. The monoisotopic (exact) mass is 252 g/mol. The third kappa shape index (κ3) is 2.75. The van der Waals surface area contributed by atoms with Crippen molar-refractivity contribution in [3.05, 3.63) is 58.9 Å². The second-order valence-corrected chi connectivity index (χ2v) is 3.85. The van der Waals surface area contributed by atoms with Crippen LogP contribution in [-0.4, -0.2) is 5.11 Å². The average Bonchev–Trinajstić information content (AvgIpc) is 2.33. The third-order valence-electron chi connectivity index (χ3n) is 2.26. The lowest BCUT2D eigenvalue weighted by Crippen LogP contribution is -1.92. The first kappa shape index (κ1) is 11.9. The summed E-state index contributed by atoms with van der Waals surface area (Å²) in [6.45, 7) is -0.130. The zero-order chi connectivity index (χ0) is 12.3. The molecule has 0 saturated heterocycles.